The standard InChI is InChI=1S/C10H14N2O2S.C7H8.C6H5Cl/c1-5(2)7-8(9(13)14)15-10-11-6(3)4-12(7)10;1-7-5-3-2-4-6-7;7-6-4-2-1-3-5-6/h5-6H,4H2,1-3H3,(H,13,14);2-6H,1H3;1-5H. The number of carbonyl (C=O) groups is 1. The van der Waals surface area contributed by atoms with Crippen molar-refractivity contribution in [3.8, 4) is 0 Å². The number of amidine groups is 1. The van der Waals surface area contributed by atoms with E-state index >= 15 is 0 Å². The molecule has 0 saturated carbocycles. The number of hydrogen-bond acceptors (Lipinski definition) is 4. The largest absolute Gasteiger partial charge is 0.477 e. The number of thioether (sulfide) groups is 1. The van der Waals surface area contributed by atoms with Gasteiger partial charge >= 0.3 is 5.97 Å². The monoisotopic (exact) mass is 430 g/mol. The van der Waals surface area contributed by atoms with E-state index in [4.69, 9.17) is 16.7 Å². The Bertz CT molecular complexity index is 829. The van der Waals surface area contributed by atoms with E-state index in [0.29, 0.717) is 4.91 Å². The first kappa shape index (κ1) is 23.0. The fraction of sp³-hybridized carbons (Fsp3) is 0.304. The molecule has 2 aromatic rings. The average molecular weight is 431 g/mol. The fourth-order valence-corrected chi connectivity index (χ4v) is 4.25. The van der Waals surface area contributed by atoms with Crippen LogP contribution in [-0.4, -0.2) is 33.7 Å². The highest BCUT2D eigenvalue weighted by Crippen LogP contribution is 2.40. The average Bonchev–Trinajstić information content (AvgIpc) is 3.20. The second kappa shape index (κ2) is 11.1. The molecule has 2 aliphatic heterocycles. The molecule has 0 aliphatic carbocycles. The predicted molar refractivity (Wildman–Crippen MR) is 123 cm³/mol. The highest BCUT2D eigenvalue weighted by Gasteiger charge is 2.38. The molecule has 2 aromatic carbocycles. The third-order valence-electron chi connectivity index (χ3n) is 4.14. The third-order valence-corrected chi connectivity index (χ3v) is 5.49. The second-order valence-corrected chi connectivity index (χ2v) is 8.51. The molecular weight excluding hydrogens is 404 g/mol. The summed E-state index contributed by atoms with van der Waals surface area (Å²) in [4.78, 5) is 18.0. The van der Waals surface area contributed by atoms with E-state index < -0.39 is 5.97 Å². The minimum absolute atomic E-state index is 0.224. The summed E-state index contributed by atoms with van der Waals surface area (Å²) in [7, 11) is 0. The summed E-state index contributed by atoms with van der Waals surface area (Å²) in [5.74, 6) is -0.616. The van der Waals surface area contributed by atoms with E-state index in [2.05, 4.69) is 24.0 Å². The summed E-state index contributed by atoms with van der Waals surface area (Å²) in [6.45, 7) is 8.98. The summed E-state index contributed by atoms with van der Waals surface area (Å²) in [6, 6.07) is 20.0. The number of aliphatic carboxylic acids is 1. The molecule has 0 radical (unpaired) electrons. The van der Waals surface area contributed by atoms with Crippen molar-refractivity contribution in [1.29, 1.82) is 0 Å². The minimum atomic E-state index is -0.839. The van der Waals surface area contributed by atoms with Crippen LogP contribution in [0.3, 0.4) is 0 Å². The maximum atomic E-state index is 11.1. The van der Waals surface area contributed by atoms with Crippen LogP contribution in [0.1, 0.15) is 26.3 Å². The SMILES string of the molecule is CC1CN2C(=N1)SC(C(=O)O)=C2C(C)C.Cc1ccccc1.Clc1ccccc1. The van der Waals surface area contributed by atoms with Gasteiger partial charge in [-0.3, -0.25) is 4.99 Å². The minimum Gasteiger partial charge on any atom is -0.477 e. The van der Waals surface area contributed by atoms with Crippen LogP contribution >= 0.6 is 23.4 Å². The highest BCUT2D eigenvalue weighted by atomic mass is 35.5. The predicted octanol–water partition coefficient (Wildman–Crippen LogP) is 6.08. The number of aryl methyl sites for hydroxylation is 1. The van der Waals surface area contributed by atoms with Crippen LogP contribution < -0.4 is 0 Å². The molecule has 6 heteroatoms. The van der Waals surface area contributed by atoms with E-state index in [1.54, 1.807) is 0 Å². The second-order valence-electron chi connectivity index (χ2n) is 7.10. The first-order valence-corrected chi connectivity index (χ1v) is 10.7. The lowest BCUT2D eigenvalue weighted by atomic mass is 10.1. The summed E-state index contributed by atoms with van der Waals surface area (Å²) in [5, 5.41) is 10.7. The van der Waals surface area contributed by atoms with Gasteiger partial charge < -0.3 is 10.0 Å². The van der Waals surface area contributed by atoms with Crippen molar-refractivity contribution in [2.24, 2.45) is 10.9 Å². The number of allylic oxidation sites excluding steroid dienone is 1. The van der Waals surface area contributed by atoms with Gasteiger partial charge in [-0.2, -0.15) is 0 Å². The lowest BCUT2D eigenvalue weighted by Crippen LogP contribution is -2.26. The van der Waals surface area contributed by atoms with Crippen LogP contribution in [0.15, 0.2) is 76.3 Å². The van der Waals surface area contributed by atoms with Crippen LogP contribution in [0.4, 0.5) is 0 Å². The molecule has 1 N–H and O–H groups in total. The van der Waals surface area contributed by atoms with Crippen LogP contribution in [0.25, 0.3) is 0 Å². The molecule has 1 unspecified atom stereocenters. The van der Waals surface area contributed by atoms with Crippen LogP contribution in [0.2, 0.25) is 5.02 Å². The lowest BCUT2D eigenvalue weighted by molar-refractivity contribution is -0.131. The molecular formula is C23H27ClN2O2S. The van der Waals surface area contributed by atoms with Crippen molar-refractivity contribution >= 4 is 34.5 Å². The first-order chi connectivity index (χ1) is 13.8. The Kier molecular flexibility index (Phi) is 8.80. The Labute approximate surface area is 182 Å². The van der Waals surface area contributed by atoms with Gasteiger partial charge in [0, 0.05) is 17.3 Å². The van der Waals surface area contributed by atoms with Crippen molar-refractivity contribution in [3.63, 3.8) is 0 Å². The number of rotatable bonds is 2. The zero-order valence-corrected chi connectivity index (χ0v) is 18.7. The van der Waals surface area contributed by atoms with Gasteiger partial charge in [-0.25, -0.2) is 4.79 Å². The number of hydrogen-bond donors (Lipinski definition) is 1. The lowest BCUT2D eigenvalue weighted by Gasteiger charge is -2.20. The van der Waals surface area contributed by atoms with E-state index in [0.717, 1.165) is 22.4 Å². The summed E-state index contributed by atoms with van der Waals surface area (Å²) in [6.07, 6.45) is 0. The maximum Gasteiger partial charge on any atom is 0.344 e. The molecule has 0 bridgehead atoms. The van der Waals surface area contributed by atoms with Crippen LogP contribution in [-0.2, 0) is 4.79 Å². The molecule has 154 valence electrons. The van der Waals surface area contributed by atoms with Crippen LogP contribution in [0.5, 0.6) is 0 Å². The van der Waals surface area contributed by atoms with Crippen molar-refractivity contribution in [1.82, 2.24) is 4.90 Å². The molecule has 0 saturated heterocycles. The van der Waals surface area contributed by atoms with Crippen molar-refractivity contribution < 1.29 is 9.90 Å². The third kappa shape index (κ3) is 6.94. The molecule has 0 amide bonds. The molecule has 2 heterocycles. The van der Waals surface area contributed by atoms with Crippen molar-refractivity contribution in [2.45, 2.75) is 33.7 Å². The zero-order valence-electron chi connectivity index (χ0n) is 17.2. The normalized spacial score (nSPS) is 17.1. The molecule has 0 fully saturated rings. The molecule has 1 atom stereocenters. The zero-order chi connectivity index (χ0) is 21.4. The van der Waals surface area contributed by atoms with Gasteiger partial charge in [0.1, 0.15) is 4.91 Å². The van der Waals surface area contributed by atoms with Crippen LogP contribution in [0, 0.1) is 12.8 Å². The Balaban J connectivity index is 0.000000178. The van der Waals surface area contributed by atoms with Gasteiger partial charge in [0.05, 0.1) is 6.04 Å². The maximum absolute atomic E-state index is 11.1. The molecule has 0 spiro atoms. The highest BCUT2D eigenvalue weighted by molar-refractivity contribution is 8.18. The summed E-state index contributed by atoms with van der Waals surface area (Å²) in [5.41, 5.74) is 2.23. The molecule has 4 nitrogen and oxygen atoms in total. The first-order valence-electron chi connectivity index (χ1n) is 9.52. The van der Waals surface area contributed by atoms with E-state index in [9.17, 15) is 4.79 Å². The number of fused-ring (bicyclic) bond motifs is 1. The topological polar surface area (TPSA) is 52.9 Å². The molecule has 0 aromatic heterocycles. The van der Waals surface area contributed by atoms with Crippen molar-refractivity contribution in [2.75, 3.05) is 6.54 Å². The van der Waals surface area contributed by atoms with Gasteiger partial charge in [-0.05, 0) is 43.7 Å². The fourth-order valence-electron chi connectivity index (χ4n) is 2.87. The number of carboxylic acids is 1. The van der Waals surface area contributed by atoms with Gasteiger partial charge in [-0.1, -0.05) is 79.5 Å². The number of carboxylic acid groups (broad SMARTS) is 1. The Hall–Kier alpha value is -2.24. The molecule has 2 aliphatic rings. The number of nitrogens with zero attached hydrogens (tertiary/aromatic N) is 2. The molecule has 29 heavy (non-hydrogen) atoms. The Morgan fingerprint density at radius 2 is 1.69 bits per heavy atom. The smallest absolute Gasteiger partial charge is 0.344 e. The van der Waals surface area contributed by atoms with Gasteiger partial charge in [0.15, 0.2) is 5.17 Å². The van der Waals surface area contributed by atoms with E-state index in [1.807, 2.05) is 74.2 Å². The number of aliphatic imine (C=N–C) groups is 1. The van der Waals surface area contributed by atoms with E-state index in [-0.39, 0.29) is 12.0 Å². The Morgan fingerprint density at radius 1 is 1.14 bits per heavy atom. The van der Waals surface area contributed by atoms with Crippen molar-refractivity contribution in [3.05, 3.63) is 81.9 Å². The van der Waals surface area contributed by atoms with Gasteiger partial charge in [0.25, 0.3) is 0 Å². The summed E-state index contributed by atoms with van der Waals surface area (Å²) >= 11 is 6.83. The number of halogens is 1. The summed E-state index contributed by atoms with van der Waals surface area (Å²) < 4.78 is 0. The van der Waals surface area contributed by atoms with Gasteiger partial charge in [0.2, 0.25) is 0 Å². The number of benzene rings is 2. The molecule has 4 rings (SSSR count). The van der Waals surface area contributed by atoms with E-state index in [1.165, 1.54) is 17.3 Å². The Morgan fingerprint density at radius 3 is 2.07 bits per heavy atom. The quantitative estimate of drug-likeness (QED) is 0.627. The van der Waals surface area contributed by atoms with Gasteiger partial charge in [-0.15, -0.1) is 0 Å².